The van der Waals surface area contributed by atoms with Crippen LogP contribution in [0, 0.1) is 0 Å². The molecule has 0 spiro atoms. The zero-order chi connectivity index (χ0) is 26.2. The van der Waals surface area contributed by atoms with Gasteiger partial charge >= 0.3 is 0 Å². The smallest absolute Gasteiger partial charge is 0.0627 e. The number of rotatable bonds is 2. The molecule has 0 atom stereocenters. The highest BCUT2D eigenvalue weighted by molar-refractivity contribution is 7.27. The van der Waals surface area contributed by atoms with Crippen LogP contribution in [0.3, 0.4) is 0 Å². The molecule has 1 nitrogen and oxygen atoms in total. The van der Waals surface area contributed by atoms with E-state index in [0.29, 0.717) is 0 Å². The first kappa shape index (κ1) is 22.0. The summed E-state index contributed by atoms with van der Waals surface area (Å²) < 4.78 is 5.23. The first-order valence-corrected chi connectivity index (χ1v) is 14.5. The van der Waals surface area contributed by atoms with Crippen molar-refractivity contribution in [2.24, 2.45) is 0 Å². The predicted molar refractivity (Wildman–Crippen MR) is 174 cm³/mol. The Hall–Kier alpha value is -4.92. The second-order valence-corrected chi connectivity index (χ2v) is 11.5. The molecular weight excluding hydrogens is 502 g/mol. The average Bonchev–Trinajstić information content (AvgIpc) is 3.58. The van der Waals surface area contributed by atoms with Crippen molar-refractivity contribution in [1.29, 1.82) is 0 Å². The maximum atomic E-state index is 2.51. The highest BCUT2D eigenvalue weighted by Gasteiger charge is 2.23. The number of benzene rings is 7. The van der Waals surface area contributed by atoms with Crippen molar-refractivity contribution in [2.45, 2.75) is 0 Å². The summed E-state index contributed by atoms with van der Waals surface area (Å²) in [7, 11) is 0. The van der Waals surface area contributed by atoms with Gasteiger partial charge in [-0.1, -0.05) is 127 Å². The molecule has 0 amide bonds. The van der Waals surface area contributed by atoms with Crippen LogP contribution in [0.1, 0.15) is 0 Å². The van der Waals surface area contributed by atoms with Gasteiger partial charge in [0, 0.05) is 47.1 Å². The van der Waals surface area contributed by atoms with E-state index < -0.39 is 0 Å². The molecule has 0 radical (unpaired) electrons. The molecule has 9 rings (SSSR count). The van der Waals surface area contributed by atoms with Crippen LogP contribution in [0.25, 0.3) is 80.3 Å². The van der Waals surface area contributed by atoms with E-state index in [9.17, 15) is 0 Å². The van der Waals surface area contributed by atoms with E-state index in [-0.39, 0.29) is 0 Å². The number of nitrogens with zero attached hydrogens (tertiary/aromatic N) is 1. The van der Waals surface area contributed by atoms with Gasteiger partial charge in [0.25, 0.3) is 0 Å². The number of fused-ring (bicyclic) bond motifs is 11. The van der Waals surface area contributed by atoms with Gasteiger partial charge in [-0.3, -0.25) is 0 Å². The van der Waals surface area contributed by atoms with Crippen LogP contribution in [-0.2, 0) is 0 Å². The molecule has 9 aromatic rings. The molecule has 2 heteroatoms. The molecule has 0 N–H and O–H groups in total. The van der Waals surface area contributed by atoms with Gasteiger partial charge in [-0.25, -0.2) is 0 Å². The Morgan fingerprint density at radius 1 is 0.425 bits per heavy atom. The Morgan fingerprint density at radius 3 is 1.95 bits per heavy atom. The lowest BCUT2D eigenvalue weighted by Gasteiger charge is -2.13. The summed E-state index contributed by atoms with van der Waals surface area (Å²) >= 11 is 1.93. The van der Waals surface area contributed by atoms with Gasteiger partial charge in [0.1, 0.15) is 0 Å². The summed E-state index contributed by atoms with van der Waals surface area (Å²) in [5.41, 5.74) is 6.31. The van der Waals surface area contributed by atoms with Crippen LogP contribution in [0.15, 0.2) is 140 Å². The third kappa shape index (κ3) is 2.91. The molecule has 2 aromatic heterocycles. The highest BCUT2D eigenvalue weighted by Crippen LogP contribution is 2.50. The van der Waals surface area contributed by atoms with E-state index in [2.05, 4.69) is 144 Å². The van der Waals surface area contributed by atoms with E-state index in [1.165, 1.54) is 80.3 Å². The van der Waals surface area contributed by atoms with Crippen LogP contribution in [-0.4, -0.2) is 4.57 Å². The predicted octanol–water partition coefficient (Wildman–Crippen LogP) is 11.1. The number of thiophene rings is 1. The van der Waals surface area contributed by atoms with Crippen LogP contribution in [0.2, 0.25) is 0 Å². The topological polar surface area (TPSA) is 4.93 Å². The fourth-order valence-corrected chi connectivity index (χ4v) is 8.07. The lowest BCUT2D eigenvalue weighted by Crippen LogP contribution is -1.96. The molecule has 0 bridgehead atoms. The molecule has 2 heterocycles. The summed E-state index contributed by atoms with van der Waals surface area (Å²) in [6, 6.07) is 50.9. The Kier molecular flexibility index (Phi) is 4.55. The zero-order valence-electron chi connectivity index (χ0n) is 21.6. The fourth-order valence-electron chi connectivity index (χ4n) is 6.69. The van der Waals surface area contributed by atoms with E-state index in [1.54, 1.807) is 0 Å². The molecule has 0 fully saturated rings. The van der Waals surface area contributed by atoms with Gasteiger partial charge in [-0.05, 0) is 28.6 Å². The number of para-hydroxylation sites is 1. The molecular formula is C38H23NS. The van der Waals surface area contributed by atoms with Gasteiger partial charge in [0.15, 0.2) is 0 Å². The van der Waals surface area contributed by atoms with E-state index in [4.69, 9.17) is 0 Å². The van der Waals surface area contributed by atoms with E-state index >= 15 is 0 Å². The second kappa shape index (κ2) is 8.29. The molecule has 0 saturated carbocycles. The minimum Gasteiger partial charge on any atom is -0.308 e. The van der Waals surface area contributed by atoms with Crippen molar-refractivity contribution >= 4 is 74.9 Å². The van der Waals surface area contributed by atoms with Crippen LogP contribution < -0.4 is 0 Å². The van der Waals surface area contributed by atoms with Gasteiger partial charge in [-0.15, -0.1) is 11.3 Å². The Bertz CT molecular complexity index is 2420. The molecule has 7 aromatic carbocycles. The lowest BCUT2D eigenvalue weighted by atomic mass is 9.97. The Morgan fingerprint density at radius 2 is 1.07 bits per heavy atom. The Balaban J connectivity index is 1.57. The molecule has 0 aliphatic heterocycles. The number of hydrogen-bond donors (Lipinski definition) is 0. The lowest BCUT2D eigenvalue weighted by molar-refractivity contribution is 1.20. The number of aromatic nitrogens is 1. The summed E-state index contributed by atoms with van der Waals surface area (Å²) in [6.07, 6.45) is 0. The third-order valence-electron chi connectivity index (χ3n) is 8.36. The molecule has 0 saturated heterocycles. The molecule has 186 valence electrons. The van der Waals surface area contributed by atoms with Crippen molar-refractivity contribution in [2.75, 3.05) is 0 Å². The minimum absolute atomic E-state index is 1.22. The van der Waals surface area contributed by atoms with Gasteiger partial charge in [-0.2, -0.15) is 0 Å². The first-order chi connectivity index (χ1) is 19.9. The fraction of sp³-hybridized carbons (Fsp3) is 0. The van der Waals surface area contributed by atoms with E-state index in [1.807, 2.05) is 11.3 Å². The molecule has 40 heavy (non-hydrogen) atoms. The monoisotopic (exact) mass is 525 g/mol. The minimum atomic E-state index is 1.22. The van der Waals surface area contributed by atoms with Crippen molar-refractivity contribution in [3.8, 4) is 16.8 Å². The van der Waals surface area contributed by atoms with Crippen molar-refractivity contribution in [3.63, 3.8) is 0 Å². The maximum Gasteiger partial charge on any atom is 0.0627 e. The van der Waals surface area contributed by atoms with Crippen LogP contribution in [0.5, 0.6) is 0 Å². The van der Waals surface area contributed by atoms with Crippen molar-refractivity contribution < 1.29 is 0 Å². The van der Waals surface area contributed by atoms with E-state index in [0.717, 1.165) is 0 Å². The summed E-state index contributed by atoms with van der Waals surface area (Å²) in [5.74, 6) is 0. The molecule has 0 unspecified atom stereocenters. The van der Waals surface area contributed by atoms with Crippen LogP contribution in [0.4, 0.5) is 0 Å². The SMILES string of the molecule is c1ccc(-c2cccc3c2sc2c4ccccc4c4c(c5ccccc5n4-c4cccc5ccccc45)c32)cc1. The largest absolute Gasteiger partial charge is 0.308 e. The number of hydrogen-bond acceptors (Lipinski definition) is 1. The summed E-state index contributed by atoms with van der Waals surface area (Å²) in [6.45, 7) is 0. The first-order valence-electron chi connectivity index (χ1n) is 13.7. The van der Waals surface area contributed by atoms with Crippen LogP contribution >= 0.6 is 11.3 Å². The standard InChI is InChI=1S/C38H23NS/c1-2-12-25(13-3-1)27-20-11-21-31-35-34-30-19-8-9-22-33(30)39(32-23-10-15-24-14-4-5-16-26(24)32)36(34)28-17-6-7-18-29(28)38(35)40-37(27)31/h1-23H. The van der Waals surface area contributed by atoms with Gasteiger partial charge in [0.05, 0.1) is 16.7 Å². The zero-order valence-corrected chi connectivity index (χ0v) is 22.5. The normalized spacial score (nSPS) is 12.0. The van der Waals surface area contributed by atoms with Crippen molar-refractivity contribution in [3.05, 3.63) is 140 Å². The summed E-state index contributed by atoms with van der Waals surface area (Å²) in [5, 5.41) is 10.5. The molecule has 0 aliphatic rings. The average molecular weight is 526 g/mol. The third-order valence-corrected chi connectivity index (χ3v) is 9.63. The highest BCUT2D eigenvalue weighted by atomic mass is 32.1. The Labute approximate surface area is 235 Å². The van der Waals surface area contributed by atoms with Crippen molar-refractivity contribution in [1.82, 2.24) is 4.57 Å². The van der Waals surface area contributed by atoms with Gasteiger partial charge in [0.2, 0.25) is 0 Å². The quantitative estimate of drug-likeness (QED) is 0.211. The van der Waals surface area contributed by atoms with Gasteiger partial charge < -0.3 is 4.57 Å². The maximum absolute atomic E-state index is 2.51. The molecule has 0 aliphatic carbocycles. The summed E-state index contributed by atoms with van der Waals surface area (Å²) in [4.78, 5) is 0. The second-order valence-electron chi connectivity index (χ2n) is 10.5.